The van der Waals surface area contributed by atoms with E-state index in [9.17, 15) is 18.0 Å². The van der Waals surface area contributed by atoms with Gasteiger partial charge in [0.2, 0.25) is 5.88 Å². The van der Waals surface area contributed by atoms with E-state index in [1.807, 2.05) is 0 Å². The minimum atomic E-state index is -4.81. The van der Waals surface area contributed by atoms with Crippen LogP contribution in [0.3, 0.4) is 0 Å². The number of carbonyl (C=O) groups is 1. The van der Waals surface area contributed by atoms with E-state index in [0.717, 1.165) is 12.1 Å². The van der Waals surface area contributed by atoms with Crippen LogP contribution < -0.4 is 9.47 Å². The summed E-state index contributed by atoms with van der Waals surface area (Å²) in [6.45, 7) is 3.59. The van der Waals surface area contributed by atoms with Gasteiger partial charge < -0.3 is 14.2 Å². The molecule has 8 nitrogen and oxygen atoms in total. The average molecular weight is 408 g/mol. The standard InChI is InChI=1S/C18H15F3N4O4/c1-3-27-17(26)14-9-24-25(11(14)2)15-8-16(23-10-22-15)28-12-5-4-6-13(7-12)29-18(19,20)21/h4-10H,3H2,1-2H3. The second-order valence-corrected chi connectivity index (χ2v) is 5.62. The topological polar surface area (TPSA) is 88.4 Å². The van der Waals surface area contributed by atoms with E-state index in [-0.39, 0.29) is 23.8 Å². The molecule has 0 amide bonds. The smallest absolute Gasteiger partial charge is 0.462 e. The maximum absolute atomic E-state index is 12.4. The van der Waals surface area contributed by atoms with Crippen LogP contribution in [0.1, 0.15) is 23.0 Å². The van der Waals surface area contributed by atoms with Crippen LogP contribution in [-0.2, 0) is 4.74 Å². The lowest BCUT2D eigenvalue weighted by Crippen LogP contribution is -2.17. The molecule has 0 N–H and O–H groups in total. The zero-order valence-electron chi connectivity index (χ0n) is 15.3. The van der Waals surface area contributed by atoms with Crippen molar-refractivity contribution in [1.29, 1.82) is 0 Å². The van der Waals surface area contributed by atoms with Gasteiger partial charge in [-0.3, -0.25) is 0 Å². The fraction of sp³-hybridized carbons (Fsp3) is 0.222. The number of hydrogen-bond donors (Lipinski definition) is 0. The van der Waals surface area contributed by atoms with Crippen molar-refractivity contribution >= 4 is 5.97 Å². The van der Waals surface area contributed by atoms with Crippen LogP contribution in [-0.4, -0.2) is 38.7 Å². The van der Waals surface area contributed by atoms with Gasteiger partial charge in [-0.1, -0.05) is 6.07 Å². The van der Waals surface area contributed by atoms with E-state index in [1.165, 1.54) is 35.4 Å². The van der Waals surface area contributed by atoms with Crippen LogP contribution in [0.4, 0.5) is 13.2 Å². The van der Waals surface area contributed by atoms with Crippen molar-refractivity contribution in [2.45, 2.75) is 20.2 Å². The quantitative estimate of drug-likeness (QED) is 0.573. The Morgan fingerprint density at radius 1 is 1.17 bits per heavy atom. The molecule has 0 aliphatic heterocycles. The van der Waals surface area contributed by atoms with Crippen molar-refractivity contribution in [3.05, 3.63) is 54.1 Å². The number of benzene rings is 1. The highest BCUT2D eigenvalue weighted by atomic mass is 19.4. The molecule has 0 bridgehead atoms. The number of carbonyl (C=O) groups excluding carboxylic acids is 1. The van der Waals surface area contributed by atoms with Crippen molar-refractivity contribution in [3.63, 3.8) is 0 Å². The molecule has 0 atom stereocenters. The van der Waals surface area contributed by atoms with E-state index < -0.39 is 18.1 Å². The Labute approximate surface area is 162 Å². The normalized spacial score (nSPS) is 11.2. The number of alkyl halides is 3. The Morgan fingerprint density at radius 3 is 2.66 bits per heavy atom. The summed E-state index contributed by atoms with van der Waals surface area (Å²) in [6.07, 6.45) is -2.26. The molecule has 11 heteroatoms. The molecular weight excluding hydrogens is 393 g/mol. The first-order valence-corrected chi connectivity index (χ1v) is 8.34. The maximum Gasteiger partial charge on any atom is 0.573 e. The van der Waals surface area contributed by atoms with Crippen molar-refractivity contribution in [3.8, 4) is 23.2 Å². The zero-order valence-corrected chi connectivity index (χ0v) is 15.3. The minimum Gasteiger partial charge on any atom is -0.462 e. The predicted octanol–water partition coefficient (Wildman–Crippen LogP) is 3.84. The Morgan fingerprint density at radius 2 is 1.93 bits per heavy atom. The lowest BCUT2D eigenvalue weighted by atomic mass is 10.2. The van der Waals surface area contributed by atoms with Gasteiger partial charge >= 0.3 is 12.3 Å². The second kappa shape index (κ2) is 8.17. The van der Waals surface area contributed by atoms with Gasteiger partial charge in [0.25, 0.3) is 0 Å². The number of aromatic nitrogens is 4. The van der Waals surface area contributed by atoms with Crippen LogP contribution in [0.15, 0.2) is 42.9 Å². The summed E-state index contributed by atoms with van der Waals surface area (Å²) >= 11 is 0. The van der Waals surface area contributed by atoms with E-state index in [2.05, 4.69) is 19.8 Å². The molecule has 3 aromatic rings. The number of ether oxygens (including phenoxy) is 3. The fourth-order valence-electron chi connectivity index (χ4n) is 2.41. The molecule has 0 spiro atoms. The molecule has 0 radical (unpaired) electrons. The summed E-state index contributed by atoms with van der Waals surface area (Å²) in [5, 5.41) is 4.12. The van der Waals surface area contributed by atoms with Crippen LogP contribution in [0.25, 0.3) is 5.82 Å². The first kappa shape index (κ1) is 20.1. The van der Waals surface area contributed by atoms with Gasteiger partial charge in [0, 0.05) is 12.1 Å². The molecule has 0 saturated carbocycles. The van der Waals surface area contributed by atoms with Crippen molar-refractivity contribution in [2.75, 3.05) is 6.61 Å². The van der Waals surface area contributed by atoms with Gasteiger partial charge in [0.15, 0.2) is 5.82 Å². The molecule has 0 unspecified atom stereocenters. The summed E-state index contributed by atoms with van der Waals surface area (Å²) in [5.41, 5.74) is 0.776. The molecule has 2 aromatic heterocycles. The van der Waals surface area contributed by atoms with Crippen molar-refractivity contribution in [2.24, 2.45) is 0 Å². The first-order valence-electron chi connectivity index (χ1n) is 8.34. The Balaban J connectivity index is 1.83. The Bertz CT molecular complexity index is 1020. The minimum absolute atomic E-state index is 0.0618. The van der Waals surface area contributed by atoms with Gasteiger partial charge in [-0.2, -0.15) is 5.10 Å². The number of nitrogens with zero attached hydrogens (tertiary/aromatic N) is 4. The monoisotopic (exact) mass is 408 g/mol. The summed E-state index contributed by atoms with van der Waals surface area (Å²) in [7, 11) is 0. The first-order chi connectivity index (χ1) is 13.8. The third-order valence-electron chi connectivity index (χ3n) is 3.61. The van der Waals surface area contributed by atoms with Gasteiger partial charge in [-0.25, -0.2) is 19.4 Å². The molecule has 1 aromatic carbocycles. The highest BCUT2D eigenvalue weighted by Gasteiger charge is 2.31. The summed E-state index contributed by atoms with van der Waals surface area (Å²) in [5.74, 6) is -0.493. The molecule has 3 rings (SSSR count). The molecule has 0 saturated heterocycles. The SMILES string of the molecule is CCOC(=O)c1cnn(-c2cc(Oc3cccc(OC(F)(F)F)c3)ncn2)c1C. The van der Waals surface area contributed by atoms with Crippen LogP contribution in [0.2, 0.25) is 0 Å². The predicted molar refractivity (Wildman–Crippen MR) is 93.0 cm³/mol. The van der Waals surface area contributed by atoms with Crippen LogP contribution in [0, 0.1) is 6.92 Å². The van der Waals surface area contributed by atoms with E-state index in [4.69, 9.17) is 9.47 Å². The van der Waals surface area contributed by atoms with Crippen molar-refractivity contribution in [1.82, 2.24) is 19.7 Å². The zero-order chi connectivity index (χ0) is 21.0. The molecule has 152 valence electrons. The number of halogens is 3. The number of rotatable bonds is 6. The number of esters is 1. The van der Waals surface area contributed by atoms with Gasteiger partial charge in [0.05, 0.1) is 18.5 Å². The Hall–Kier alpha value is -3.63. The molecule has 0 aliphatic carbocycles. The largest absolute Gasteiger partial charge is 0.573 e. The third kappa shape index (κ3) is 5.00. The Kier molecular flexibility index (Phi) is 5.66. The van der Waals surface area contributed by atoms with Crippen LogP contribution >= 0.6 is 0 Å². The second-order valence-electron chi connectivity index (χ2n) is 5.62. The van der Waals surface area contributed by atoms with Gasteiger partial charge in [-0.05, 0) is 26.0 Å². The van der Waals surface area contributed by atoms with Crippen LogP contribution in [0.5, 0.6) is 17.4 Å². The van der Waals surface area contributed by atoms with E-state index in [0.29, 0.717) is 11.5 Å². The lowest BCUT2D eigenvalue weighted by Gasteiger charge is -2.11. The molecule has 0 aliphatic rings. The fourth-order valence-corrected chi connectivity index (χ4v) is 2.41. The summed E-state index contributed by atoms with van der Waals surface area (Å²) < 4.78 is 52.8. The molecular formula is C18H15F3N4O4. The number of hydrogen-bond acceptors (Lipinski definition) is 7. The highest BCUT2D eigenvalue weighted by Crippen LogP contribution is 2.28. The third-order valence-corrected chi connectivity index (χ3v) is 3.61. The molecule has 0 fully saturated rings. The maximum atomic E-state index is 12.4. The molecule has 2 heterocycles. The average Bonchev–Trinajstić information content (AvgIpc) is 3.02. The van der Waals surface area contributed by atoms with Gasteiger partial charge in [-0.15, -0.1) is 13.2 Å². The summed E-state index contributed by atoms with van der Waals surface area (Å²) in [6, 6.07) is 6.44. The lowest BCUT2D eigenvalue weighted by molar-refractivity contribution is -0.274. The van der Waals surface area contributed by atoms with E-state index >= 15 is 0 Å². The molecule has 29 heavy (non-hydrogen) atoms. The van der Waals surface area contributed by atoms with Crippen molar-refractivity contribution < 1.29 is 32.2 Å². The summed E-state index contributed by atoms with van der Waals surface area (Å²) in [4.78, 5) is 19.9. The highest BCUT2D eigenvalue weighted by molar-refractivity contribution is 5.90. The van der Waals surface area contributed by atoms with Gasteiger partial charge in [0.1, 0.15) is 23.4 Å². The van der Waals surface area contributed by atoms with E-state index in [1.54, 1.807) is 13.8 Å².